The standard InChI is InChI=1S/C14H15N3O6/c1-2-23-13(19)9-15-8-12(18)16(14(15)20)7-10-4-3-5-11(6-10)17(21)22/h3-6H,2,7-9H2,1H3. The lowest BCUT2D eigenvalue weighted by molar-refractivity contribution is -0.384. The molecule has 0 spiro atoms. The number of rotatable bonds is 6. The van der Waals surface area contributed by atoms with Crippen LogP contribution < -0.4 is 0 Å². The first-order valence-corrected chi connectivity index (χ1v) is 6.90. The third kappa shape index (κ3) is 3.82. The first kappa shape index (κ1) is 16.4. The van der Waals surface area contributed by atoms with Crippen molar-refractivity contribution in [3.05, 3.63) is 39.9 Å². The highest BCUT2D eigenvalue weighted by atomic mass is 16.6. The van der Waals surface area contributed by atoms with E-state index in [1.165, 1.54) is 18.2 Å². The summed E-state index contributed by atoms with van der Waals surface area (Å²) in [6.45, 7) is 1.23. The molecule has 0 atom stereocenters. The van der Waals surface area contributed by atoms with Gasteiger partial charge in [0.05, 0.1) is 18.1 Å². The van der Waals surface area contributed by atoms with Crippen molar-refractivity contribution in [3.63, 3.8) is 0 Å². The van der Waals surface area contributed by atoms with E-state index in [2.05, 4.69) is 0 Å². The molecule has 9 nitrogen and oxygen atoms in total. The molecule has 23 heavy (non-hydrogen) atoms. The van der Waals surface area contributed by atoms with Gasteiger partial charge in [0.15, 0.2) is 0 Å². The SMILES string of the molecule is CCOC(=O)CN1CC(=O)N(Cc2cccc([N+](=O)[O-])c2)C1=O. The van der Waals surface area contributed by atoms with Crippen LogP contribution in [0.5, 0.6) is 0 Å². The van der Waals surface area contributed by atoms with E-state index in [9.17, 15) is 24.5 Å². The van der Waals surface area contributed by atoms with E-state index < -0.39 is 22.8 Å². The molecule has 1 heterocycles. The van der Waals surface area contributed by atoms with Crippen LogP contribution in [0.2, 0.25) is 0 Å². The highest BCUT2D eigenvalue weighted by molar-refractivity contribution is 6.03. The van der Waals surface area contributed by atoms with Gasteiger partial charge in [0.1, 0.15) is 13.1 Å². The van der Waals surface area contributed by atoms with Crippen molar-refractivity contribution in [3.8, 4) is 0 Å². The number of nitro benzene ring substituents is 1. The van der Waals surface area contributed by atoms with E-state index in [0.29, 0.717) is 5.56 Å². The Hall–Kier alpha value is -2.97. The molecule has 2 rings (SSSR count). The maximum absolute atomic E-state index is 12.2. The van der Waals surface area contributed by atoms with Gasteiger partial charge in [0, 0.05) is 12.1 Å². The quantitative estimate of drug-likeness (QED) is 0.333. The third-order valence-corrected chi connectivity index (χ3v) is 3.22. The van der Waals surface area contributed by atoms with Crippen molar-refractivity contribution < 1.29 is 24.0 Å². The molecule has 0 bridgehead atoms. The zero-order chi connectivity index (χ0) is 17.0. The fourth-order valence-corrected chi connectivity index (χ4v) is 2.19. The summed E-state index contributed by atoms with van der Waals surface area (Å²) in [6.07, 6.45) is 0. The Morgan fingerprint density at radius 3 is 2.78 bits per heavy atom. The molecule has 0 aromatic heterocycles. The summed E-state index contributed by atoms with van der Waals surface area (Å²) in [5, 5.41) is 10.8. The van der Waals surface area contributed by atoms with Crippen LogP contribution in [0.4, 0.5) is 10.5 Å². The van der Waals surface area contributed by atoms with Gasteiger partial charge in [0.25, 0.3) is 11.6 Å². The van der Waals surface area contributed by atoms with Crippen LogP contribution in [-0.4, -0.2) is 52.3 Å². The Labute approximate surface area is 131 Å². The van der Waals surface area contributed by atoms with Crippen LogP contribution in [0, 0.1) is 10.1 Å². The molecule has 1 aliphatic heterocycles. The first-order chi connectivity index (χ1) is 10.9. The summed E-state index contributed by atoms with van der Waals surface area (Å²) in [6, 6.07) is 5.07. The summed E-state index contributed by atoms with van der Waals surface area (Å²) in [5.74, 6) is -1.06. The van der Waals surface area contributed by atoms with Crippen molar-refractivity contribution in [1.29, 1.82) is 0 Å². The predicted molar refractivity (Wildman–Crippen MR) is 77.2 cm³/mol. The number of nitrogens with zero attached hydrogens (tertiary/aromatic N) is 3. The minimum atomic E-state index is -0.616. The van der Waals surface area contributed by atoms with Gasteiger partial charge in [0.2, 0.25) is 0 Å². The van der Waals surface area contributed by atoms with Crippen molar-refractivity contribution in [1.82, 2.24) is 9.80 Å². The molecule has 0 saturated carbocycles. The molecule has 1 aromatic rings. The van der Waals surface area contributed by atoms with E-state index in [1.54, 1.807) is 13.0 Å². The smallest absolute Gasteiger partial charge is 0.328 e. The summed E-state index contributed by atoms with van der Waals surface area (Å²) < 4.78 is 4.75. The monoisotopic (exact) mass is 321 g/mol. The van der Waals surface area contributed by atoms with Crippen molar-refractivity contribution in [2.24, 2.45) is 0 Å². The number of esters is 1. The van der Waals surface area contributed by atoms with Gasteiger partial charge in [-0.3, -0.25) is 24.6 Å². The Morgan fingerprint density at radius 2 is 2.13 bits per heavy atom. The summed E-state index contributed by atoms with van der Waals surface area (Å²) in [4.78, 5) is 47.8. The fourth-order valence-electron chi connectivity index (χ4n) is 2.19. The highest BCUT2D eigenvalue weighted by Crippen LogP contribution is 2.18. The number of hydrogen-bond acceptors (Lipinski definition) is 6. The third-order valence-electron chi connectivity index (χ3n) is 3.22. The van der Waals surface area contributed by atoms with Gasteiger partial charge in [-0.05, 0) is 12.5 Å². The molecule has 0 radical (unpaired) electrons. The minimum Gasteiger partial charge on any atom is -0.465 e. The number of carbonyl (C=O) groups excluding carboxylic acids is 3. The van der Waals surface area contributed by atoms with Crippen LogP contribution in [-0.2, 0) is 20.9 Å². The zero-order valence-electron chi connectivity index (χ0n) is 12.4. The molecular weight excluding hydrogens is 306 g/mol. The molecule has 0 unspecified atom stereocenters. The van der Waals surface area contributed by atoms with E-state index >= 15 is 0 Å². The number of carbonyl (C=O) groups is 3. The predicted octanol–water partition coefficient (Wildman–Crippen LogP) is 0.922. The molecule has 1 fully saturated rings. The second kappa shape index (κ2) is 6.86. The summed E-state index contributed by atoms with van der Waals surface area (Å²) in [5.41, 5.74) is 0.337. The average Bonchev–Trinajstić information content (AvgIpc) is 2.75. The van der Waals surface area contributed by atoms with E-state index in [0.717, 1.165) is 9.80 Å². The molecule has 1 aromatic carbocycles. The lowest BCUT2D eigenvalue weighted by Crippen LogP contribution is -2.36. The molecule has 1 aliphatic rings. The molecule has 9 heteroatoms. The Bertz CT molecular complexity index is 660. The van der Waals surface area contributed by atoms with Gasteiger partial charge in [-0.1, -0.05) is 12.1 Å². The lowest BCUT2D eigenvalue weighted by atomic mass is 10.2. The van der Waals surface area contributed by atoms with Crippen molar-refractivity contribution >= 4 is 23.6 Å². The number of urea groups is 1. The first-order valence-electron chi connectivity index (χ1n) is 6.90. The maximum Gasteiger partial charge on any atom is 0.328 e. The number of hydrogen-bond donors (Lipinski definition) is 0. The Morgan fingerprint density at radius 1 is 1.39 bits per heavy atom. The molecule has 122 valence electrons. The number of imide groups is 1. The zero-order valence-corrected chi connectivity index (χ0v) is 12.4. The Balaban J connectivity index is 2.07. The molecule has 0 N–H and O–H groups in total. The number of amides is 3. The number of nitro groups is 1. The average molecular weight is 321 g/mol. The number of benzene rings is 1. The van der Waals surface area contributed by atoms with Crippen LogP contribution in [0.3, 0.4) is 0 Å². The lowest BCUT2D eigenvalue weighted by Gasteiger charge is -2.16. The normalized spacial score (nSPS) is 14.3. The maximum atomic E-state index is 12.2. The molecule has 1 saturated heterocycles. The van der Waals surface area contributed by atoms with Crippen molar-refractivity contribution in [2.45, 2.75) is 13.5 Å². The van der Waals surface area contributed by atoms with E-state index in [-0.39, 0.29) is 31.9 Å². The van der Waals surface area contributed by atoms with Crippen molar-refractivity contribution in [2.75, 3.05) is 19.7 Å². The van der Waals surface area contributed by atoms with E-state index in [1.807, 2.05) is 0 Å². The van der Waals surface area contributed by atoms with E-state index in [4.69, 9.17) is 4.74 Å². The van der Waals surface area contributed by atoms with Crippen LogP contribution in [0.1, 0.15) is 12.5 Å². The largest absolute Gasteiger partial charge is 0.465 e. The van der Waals surface area contributed by atoms with Gasteiger partial charge in [-0.15, -0.1) is 0 Å². The highest BCUT2D eigenvalue weighted by Gasteiger charge is 2.37. The molecule has 3 amide bonds. The summed E-state index contributed by atoms with van der Waals surface area (Å²) in [7, 11) is 0. The second-order valence-electron chi connectivity index (χ2n) is 4.85. The topological polar surface area (TPSA) is 110 Å². The summed E-state index contributed by atoms with van der Waals surface area (Å²) >= 11 is 0. The van der Waals surface area contributed by atoms with Gasteiger partial charge in [-0.25, -0.2) is 4.79 Å². The van der Waals surface area contributed by atoms with Gasteiger partial charge >= 0.3 is 12.0 Å². The van der Waals surface area contributed by atoms with Crippen LogP contribution >= 0.6 is 0 Å². The molecular formula is C14H15N3O6. The Kier molecular flexibility index (Phi) is 4.89. The fraction of sp³-hybridized carbons (Fsp3) is 0.357. The number of non-ortho nitro benzene ring substituents is 1. The van der Waals surface area contributed by atoms with Gasteiger partial charge in [-0.2, -0.15) is 0 Å². The van der Waals surface area contributed by atoms with Crippen LogP contribution in [0.15, 0.2) is 24.3 Å². The van der Waals surface area contributed by atoms with Crippen LogP contribution in [0.25, 0.3) is 0 Å². The second-order valence-corrected chi connectivity index (χ2v) is 4.85. The minimum absolute atomic E-state index is 0.0847. The molecule has 0 aliphatic carbocycles. The van der Waals surface area contributed by atoms with Gasteiger partial charge < -0.3 is 9.64 Å². The number of ether oxygens (including phenoxy) is 1.